The Labute approximate surface area is 92.2 Å². The Kier molecular flexibility index (Phi) is 3.14. The lowest BCUT2D eigenvalue weighted by atomic mass is 10.2. The van der Waals surface area contributed by atoms with Gasteiger partial charge in [0.05, 0.1) is 12.1 Å². The molecule has 15 heavy (non-hydrogen) atoms. The molecule has 1 N–H and O–H groups in total. The molecule has 2 rings (SSSR count). The third-order valence-electron chi connectivity index (χ3n) is 2.05. The highest BCUT2D eigenvalue weighted by Gasteiger charge is 2.04. The highest BCUT2D eigenvalue weighted by Crippen LogP contribution is 2.21. The van der Waals surface area contributed by atoms with Gasteiger partial charge in [-0.2, -0.15) is 0 Å². The van der Waals surface area contributed by atoms with E-state index in [2.05, 4.69) is 0 Å². The summed E-state index contributed by atoms with van der Waals surface area (Å²) in [6.07, 6.45) is 0.987. The molecule has 2 aromatic rings. The van der Waals surface area contributed by atoms with Crippen molar-refractivity contribution in [2.75, 3.05) is 12.5 Å². The molecule has 80 valence electrons. The highest BCUT2D eigenvalue weighted by atomic mass is 35.5. The zero-order valence-electron chi connectivity index (χ0n) is 8.02. The fourth-order valence-electron chi connectivity index (χ4n) is 1.26. The van der Waals surface area contributed by atoms with Crippen molar-refractivity contribution < 1.29 is 14.3 Å². The highest BCUT2D eigenvalue weighted by molar-refractivity contribution is 6.18. The Morgan fingerprint density at radius 2 is 2.27 bits per heavy atom. The van der Waals surface area contributed by atoms with Gasteiger partial charge in [0, 0.05) is 11.5 Å². The molecule has 0 radical (unpaired) electrons. The third kappa shape index (κ3) is 2.43. The summed E-state index contributed by atoms with van der Waals surface area (Å²) < 4.78 is 10.6. The summed E-state index contributed by atoms with van der Waals surface area (Å²) in [5, 5.41) is 10.2. The van der Waals surface area contributed by atoms with Crippen LogP contribution in [0, 0.1) is 0 Å². The maximum atomic E-state index is 9.21. The van der Waals surface area contributed by atoms with E-state index in [1.54, 1.807) is 12.3 Å². The van der Waals surface area contributed by atoms with Gasteiger partial charge in [-0.3, -0.25) is 0 Å². The minimum absolute atomic E-state index is 0.170. The first-order chi connectivity index (χ1) is 7.29. The second kappa shape index (κ2) is 4.55. The standard InChI is InChI=1S/C11H11ClO3/c12-6-9(13)7-15-10-2-1-8-3-4-14-11(8)5-10/h1-5,9,13H,6-7H2. The van der Waals surface area contributed by atoms with Crippen LogP contribution in [0.3, 0.4) is 0 Å². The van der Waals surface area contributed by atoms with Gasteiger partial charge in [0.1, 0.15) is 24.0 Å². The Hall–Kier alpha value is -1.19. The first kappa shape index (κ1) is 10.3. The zero-order valence-corrected chi connectivity index (χ0v) is 8.78. The lowest BCUT2D eigenvalue weighted by Gasteiger charge is -2.09. The molecular formula is C11H11ClO3. The first-order valence-electron chi connectivity index (χ1n) is 4.63. The van der Waals surface area contributed by atoms with E-state index in [4.69, 9.17) is 20.8 Å². The van der Waals surface area contributed by atoms with Crippen LogP contribution in [0.2, 0.25) is 0 Å². The van der Waals surface area contributed by atoms with Crippen molar-refractivity contribution in [1.29, 1.82) is 0 Å². The number of hydrogen-bond acceptors (Lipinski definition) is 3. The quantitative estimate of drug-likeness (QED) is 0.815. The van der Waals surface area contributed by atoms with E-state index in [1.165, 1.54) is 0 Å². The average Bonchev–Trinajstić information content (AvgIpc) is 2.72. The maximum Gasteiger partial charge on any atom is 0.137 e. The van der Waals surface area contributed by atoms with Crippen LogP contribution in [0.5, 0.6) is 5.75 Å². The molecule has 1 aromatic heterocycles. The van der Waals surface area contributed by atoms with Crippen LogP contribution in [0.4, 0.5) is 0 Å². The lowest BCUT2D eigenvalue weighted by Crippen LogP contribution is -2.18. The summed E-state index contributed by atoms with van der Waals surface area (Å²) in [6.45, 7) is 0.190. The number of hydrogen-bond donors (Lipinski definition) is 1. The van der Waals surface area contributed by atoms with Gasteiger partial charge in [-0.05, 0) is 18.2 Å². The molecule has 0 fully saturated rings. The van der Waals surface area contributed by atoms with Crippen molar-refractivity contribution in [3.05, 3.63) is 30.5 Å². The van der Waals surface area contributed by atoms with Crippen LogP contribution >= 0.6 is 11.6 Å². The molecule has 0 amide bonds. The van der Waals surface area contributed by atoms with E-state index in [0.29, 0.717) is 5.75 Å². The van der Waals surface area contributed by atoms with Crippen LogP contribution in [-0.2, 0) is 0 Å². The second-order valence-electron chi connectivity index (χ2n) is 3.24. The van der Waals surface area contributed by atoms with Gasteiger partial charge >= 0.3 is 0 Å². The van der Waals surface area contributed by atoms with Crippen molar-refractivity contribution in [1.82, 2.24) is 0 Å². The number of fused-ring (bicyclic) bond motifs is 1. The minimum Gasteiger partial charge on any atom is -0.491 e. The molecule has 1 heterocycles. The Balaban J connectivity index is 2.08. The minimum atomic E-state index is -0.640. The van der Waals surface area contributed by atoms with Crippen LogP contribution in [0.1, 0.15) is 0 Å². The second-order valence-corrected chi connectivity index (χ2v) is 3.55. The van der Waals surface area contributed by atoms with E-state index in [0.717, 1.165) is 11.0 Å². The molecular weight excluding hydrogens is 216 g/mol. The molecule has 1 atom stereocenters. The normalized spacial score (nSPS) is 12.9. The third-order valence-corrected chi connectivity index (χ3v) is 2.40. The molecule has 0 bridgehead atoms. The molecule has 4 heteroatoms. The number of ether oxygens (including phenoxy) is 1. The smallest absolute Gasteiger partial charge is 0.137 e. The number of alkyl halides is 1. The molecule has 0 saturated heterocycles. The van der Waals surface area contributed by atoms with Crippen molar-refractivity contribution in [2.24, 2.45) is 0 Å². The number of aliphatic hydroxyl groups excluding tert-OH is 1. The van der Waals surface area contributed by atoms with Gasteiger partial charge in [-0.25, -0.2) is 0 Å². The predicted molar refractivity (Wildman–Crippen MR) is 58.4 cm³/mol. The number of aliphatic hydroxyl groups is 1. The molecule has 3 nitrogen and oxygen atoms in total. The fourth-order valence-corrected chi connectivity index (χ4v) is 1.35. The van der Waals surface area contributed by atoms with Crippen molar-refractivity contribution in [3.8, 4) is 5.75 Å². The number of benzene rings is 1. The topological polar surface area (TPSA) is 42.6 Å². The van der Waals surface area contributed by atoms with E-state index < -0.39 is 6.10 Å². The predicted octanol–water partition coefficient (Wildman–Crippen LogP) is 2.41. The summed E-state index contributed by atoms with van der Waals surface area (Å²) in [5.41, 5.74) is 0.771. The Morgan fingerprint density at radius 3 is 3.07 bits per heavy atom. The Bertz CT molecular complexity index is 438. The monoisotopic (exact) mass is 226 g/mol. The van der Waals surface area contributed by atoms with Crippen LogP contribution in [0.25, 0.3) is 11.0 Å². The fraction of sp³-hybridized carbons (Fsp3) is 0.273. The first-order valence-corrected chi connectivity index (χ1v) is 5.17. The number of furan rings is 1. The van der Waals surface area contributed by atoms with Gasteiger partial charge < -0.3 is 14.3 Å². The summed E-state index contributed by atoms with van der Waals surface area (Å²) in [5.74, 6) is 0.838. The average molecular weight is 227 g/mol. The van der Waals surface area contributed by atoms with Crippen LogP contribution in [0.15, 0.2) is 34.9 Å². The summed E-state index contributed by atoms with van der Waals surface area (Å²) in [7, 11) is 0. The number of rotatable bonds is 4. The molecule has 0 aliphatic heterocycles. The summed E-state index contributed by atoms with van der Waals surface area (Å²) in [6, 6.07) is 7.41. The van der Waals surface area contributed by atoms with Crippen LogP contribution < -0.4 is 4.74 Å². The number of halogens is 1. The van der Waals surface area contributed by atoms with Crippen molar-refractivity contribution in [2.45, 2.75) is 6.10 Å². The van der Waals surface area contributed by atoms with Crippen molar-refractivity contribution >= 4 is 22.6 Å². The SMILES string of the molecule is OC(CCl)COc1ccc2ccoc2c1. The molecule has 0 aliphatic carbocycles. The summed E-state index contributed by atoms with van der Waals surface area (Å²) in [4.78, 5) is 0. The Morgan fingerprint density at radius 1 is 1.40 bits per heavy atom. The zero-order chi connectivity index (χ0) is 10.7. The van der Waals surface area contributed by atoms with E-state index in [-0.39, 0.29) is 12.5 Å². The van der Waals surface area contributed by atoms with E-state index in [1.807, 2.05) is 18.2 Å². The molecule has 0 spiro atoms. The van der Waals surface area contributed by atoms with Gasteiger partial charge in [0.25, 0.3) is 0 Å². The molecule has 1 aromatic carbocycles. The summed E-state index contributed by atoms with van der Waals surface area (Å²) >= 11 is 5.45. The largest absolute Gasteiger partial charge is 0.491 e. The van der Waals surface area contributed by atoms with E-state index in [9.17, 15) is 5.11 Å². The molecule has 1 unspecified atom stereocenters. The van der Waals surface area contributed by atoms with E-state index >= 15 is 0 Å². The van der Waals surface area contributed by atoms with Gasteiger partial charge in [0.15, 0.2) is 0 Å². The lowest BCUT2D eigenvalue weighted by molar-refractivity contribution is 0.125. The molecule has 0 saturated carbocycles. The van der Waals surface area contributed by atoms with Gasteiger partial charge in [-0.1, -0.05) is 0 Å². The van der Waals surface area contributed by atoms with Crippen molar-refractivity contribution in [3.63, 3.8) is 0 Å². The van der Waals surface area contributed by atoms with Gasteiger partial charge in [-0.15, -0.1) is 11.6 Å². The maximum absolute atomic E-state index is 9.21. The molecule has 0 aliphatic rings. The van der Waals surface area contributed by atoms with Crippen LogP contribution in [-0.4, -0.2) is 23.7 Å². The van der Waals surface area contributed by atoms with Gasteiger partial charge in [0.2, 0.25) is 0 Å².